The van der Waals surface area contributed by atoms with Crippen LogP contribution in [0.1, 0.15) is 60.9 Å². The molecule has 6 rings (SSSR count). The van der Waals surface area contributed by atoms with E-state index >= 15 is 0 Å². The second-order valence-corrected chi connectivity index (χ2v) is 11.4. The van der Waals surface area contributed by atoms with E-state index in [0.29, 0.717) is 30.9 Å². The number of benzene rings is 2. The van der Waals surface area contributed by atoms with Gasteiger partial charge < -0.3 is 15.2 Å². The zero-order chi connectivity index (χ0) is 25.4. The monoisotopic (exact) mass is 496 g/mol. The molecule has 2 aromatic carbocycles. The molecule has 1 amide bonds. The highest BCUT2D eigenvalue weighted by Crippen LogP contribution is 2.62. The van der Waals surface area contributed by atoms with Crippen molar-refractivity contribution >= 4 is 5.91 Å². The molecule has 2 saturated carbocycles. The molecule has 0 spiro atoms. The summed E-state index contributed by atoms with van der Waals surface area (Å²) >= 11 is 0. The number of aliphatic hydroxyl groups is 1. The molecule has 3 aliphatic rings. The SMILES string of the molecule is CC12CCC3c4ccc(OCc5ccccc5)cc4CCC3C1CC(C(=O)NCc1ccccn1)C2O. The molecule has 0 radical (unpaired) electrons. The summed E-state index contributed by atoms with van der Waals surface area (Å²) < 4.78 is 6.11. The number of hydrogen-bond donors (Lipinski definition) is 2. The van der Waals surface area contributed by atoms with E-state index in [2.05, 4.69) is 47.6 Å². The Kier molecular flexibility index (Phi) is 6.49. The predicted octanol–water partition coefficient (Wildman–Crippen LogP) is 5.42. The van der Waals surface area contributed by atoms with Gasteiger partial charge in [0.05, 0.1) is 24.3 Å². The van der Waals surface area contributed by atoms with Crippen molar-refractivity contribution < 1.29 is 14.6 Å². The van der Waals surface area contributed by atoms with E-state index in [1.165, 1.54) is 16.7 Å². The lowest BCUT2D eigenvalue weighted by Gasteiger charge is -2.50. The Morgan fingerprint density at radius 2 is 1.95 bits per heavy atom. The number of fused-ring (bicyclic) bond motifs is 5. The van der Waals surface area contributed by atoms with E-state index in [4.69, 9.17) is 4.74 Å². The maximum absolute atomic E-state index is 13.2. The highest BCUT2D eigenvalue weighted by Gasteiger charge is 2.59. The number of pyridine rings is 1. The second-order valence-electron chi connectivity index (χ2n) is 11.4. The summed E-state index contributed by atoms with van der Waals surface area (Å²) in [5.41, 5.74) is 4.65. The topological polar surface area (TPSA) is 71.5 Å². The fraction of sp³-hybridized carbons (Fsp3) is 0.438. The molecule has 2 N–H and O–H groups in total. The van der Waals surface area contributed by atoms with Crippen LogP contribution in [0.5, 0.6) is 5.75 Å². The van der Waals surface area contributed by atoms with Gasteiger partial charge in [0.25, 0.3) is 0 Å². The van der Waals surface area contributed by atoms with Gasteiger partial charge in [0, 0.05) is 6.20 Å². The number of amides is 1. The van der Waals surface area contributed by atoms with Gasteiger partial charge in [0.1, 0.15) is 12.4 Å². The Hall–Kier alpha value is -3.18. The number of aryl methyl sites for hydroxylation is 1. The van der Waals surface area contributed by atoms with E-state index in [-0.39, 0.29) is 17.2 Å². The first-order chi connectivity index (χ1) is 18.0. The Morgan fingerprint density at radius 3 is 2.76 bits per heavy atom. The molecule has 3 aliphatic carbocycles. The van der Waals surface area contributed by atoms with Crippen molar-refractivity contribution in [2.45, 2.75) is 64.2 Å². The molecule has 0 aliphatic heterocycles. The van der Waals surface area contributed by atoms with Crippen molar-refractivity contribution in [3.05, 3.63) is 95.3 Å². The third kappa shape index (κ3) is 4.54. The minimum Gasteiger partial charge on any atom is -0.489 e. The third-order valence-electron chi connectivity index (χ3n) is 9.46. The molecule has 0 bridgehead atoms. The normalized spacial score (nSPS) is 30.1. The van der Waals surface area contributed by atoms with Gasteiger partial charge in [-0.3, -0.25) is 9.78 Å². The molecule has 6 atom stereocenters. The molecule has 1 heterocycles. The average Bonchev–Trinajstić information content (AvgIpc) is 3.22. The first-order valence-corrected chi connectivity index (χ1v) is 13.7. The second kappa shape index (κ2) is 9.94. The Morgan fingerprint density at radius 1 is 1.11 bits per heavy atom. The van der Waals surface area contributed by atoms with Gasteiger partial charge in [0.15, 0.2) is 0 Å². The maximum atomic E-state index is 13.2. The lowest BCUT2D eigenvalue weighted by atomic mass is 9.55. The highest BCUT2D eigenvalue weighted by atomic mass is 16.5. The number of hydrogen-bond acceptors (Lipinski definition) is 4. The zero-order valence-corrected chi connectivity index (χ0v) is 21.5. The zero-order valence-electron chi connectivity index (χ0n) is 21.5. The number of carbonyl (C=O) groups excluding carboxylic acids is 1. The fourth-order valence-electron chi connectivity index (χ4n) is 7.47. The Labute approximate surface area is 219 Å². The predicted molar refractivity (Wildman–Crippen MR) is 143 cm³/mol. The summed E-state index contributed by atoms with van der Waals surface area (Å²) in [5, 5.41) is 14.4. The summed E-state index contributed by atoms with van der Waals surface area (Å²) in [6.07, 6.45) is 6.05. The number of ether oxygens (including phenoxy) is 1. The lowest BCUT2D eigenvalue weighted by molar-refractivity contribution is -0.129. The van der Waals surface area contributed by atoms with Crippen LogP contribution in [-0.2, 0) is 24.4 Å². The molecule has 3 aromatic rings. The summed E-state index contributed by atoms with van der Waals surface area (Å²) in [6.45, 7) is 3.20. The molecule has 5 heteroatoms. The van der Waals surface area contributed by atoms with Crippen molar-refractivity contribution in [1.82, 2.24) is 10.3 Å². The van der Waals surface area contributed by atoms with E-state index in [0.717, 1.165) is 43.5 Å². The molecular weight excluding hydrogens is 460 g/mol. The van der Waals surface area contributed by atoms with Gasteiger partial charge in [-0.2, -0.15) is 0 Å². The standard InChI is InChI=1S/C32H36N2O3/c1-32-15-14-26-25-13-11-24(37-20-21-7-3-2-4-8-21)17-22(25)10-12-27(26)29(32)18-28(30(32)35)31(36)34-19-23-9-5-6-16-33-23/h2-9,11,13,16-17,26-30,35H,10,12,14-15,18-20H2,1H3,(H,34,36). The van der Waals surface area contributed by atoms with Gasteiger partial charge in [-0.15, -0.1) is 0 Å². The van der Waals surface area contributed by atoms with Crippen molar-refractivity contribution in [1.29, 1.82) is 0 Å². The first kappa shape index (κ1) is 24.2. The summed E-state index contributed by atoms with van der Waals surface area (Å²) in [6, 6.07) is 22.6. The highest BCUT2D eigenvalue weighted by molar-refractivity contribution is 5.79. The van der Waals surface area contributed by atoms with Crippen LogP contribution in [0.2, 0.25) is 0 Å². The Balaban J connectivity index is 1.15. The smallest absolute Gasteiger partial charge is 0.226 e. The van der Waals surface area contributed by atoms with Crippen LogP contribution in [0.25, 0.3) is 0 Å². The fourth-order valence-corrected chi connectivity index (χ4v) is 7.47. The van der Waals surface area contributed by atoms with Crippen LogP contribution in [-0.4, -0.2) is 22.1 Å². The van der Waals surface area contributed by atoms with Crippen molar-refractivity contribution in [2.75, 3.05) is 0 Å². The summed E-state index contributed by atoms with van der Waals surface area (Å²) in [5.74, 6) is 1.89. The van der Waals surface area contributed by atoms with E-state index in [9.17, 15) is 9.90 Å². The molecule has 5 nitrogen and oxygen atoms in total. The molecule has 1 aromatic heterocycles. The molecular formula is C32H36N2O3. The van der Waals surface area contributed by atoms with Gasteiger partial charge in [-0.25, -0.2) is 0 Å². The number of rotatable bonds is 6. The van der Waals surface area contributed by atoms with Crippen molar-refractivity contribution in [3.63, 3.8) is 0 Å². The van der Waals surface area contributed by atoms with Crippen LogP contribution in [0.3, 0.4) is 0 Å². The minimum atomic E-state index is -0.600. The molecule has 37 heavy (non-hydrogen) atoms. The number of aromatic nitrogens is 1. The molecule has 192 valence electrons. The van der Waals surface area contributed by atoms with Gasteiger partial charge >= 0.3 is 0 Å². The number of nitrogens with one attached hydrogen (secondary N) is 1. The van der Waals surface area contributed by atoms with Crippen LogP contribution in [0.15, 0.2) is 72.9 Å². The number of carbonyl (C=O) groups is 1. The molecule has 0 saturated heterocycles. The number of aliphatic hydroxyl groups excluding tert-OH is 1. The van der Waals surface area contributed by atoms with Gasteiger partial charge in [-0.05, 0) is 96.2 Å². The van der Waals surface area contributed by atoms with Crippen LogP contribution in [0.4, 0.5) is 0 Å². The van der Waals surface area contributed by atoms with Crippen LogP contribution >= 0.6 is 0 Å². The molecule has 6 unspecified atom stereocenters. The van der Waals surface area contributed by atoms with E-state index in [1.54, 1.807) is 6.20 Å². The summed E-state index contributed by atoms with van der Waals surface area (Å²) in [4.78, 5) is 17.5. The summed E-state index contributed by atoms with van der Waals surface area (Å²) in [7, 11) is 0. The first-order valence-electron chi connectivity index (χ1n) is 13.7. The van der Waals surface area contributed by atoms with Gasteiger partial charge in [-0.1, -0.05) is 49.4 Å². The van der Waals surface area contributed by atoms with Crippen LogP contribution in [0, 0.1) is 23.2 Å². The Bertz CT molecular complexity index is 1250. The maximum Gasteiger partial charge on any atom is 0.226 e. The largest absolute Gasteiger partial charge is 0.489 e. The van der Waals surface area contributed by atoms with Crippen molar-refractivity contribution in [2.24, 2.45) is 23.2 Å². The minimum absolute atomic E-state index is 0.0401. The average molecular weight is 497 g/mol. The molecule has 2 fully saturated rings. The third-order valence-corrected chi connectivity index (χ3v) is 9.46. The van der Waals surface area contributed by atoms with E-state index in [1.807, 2.05) is 36.4 Å². The lowest BCUT2D eigenvalue weighted by Crippen LogP contribution is -2.45. The van der Waals surface area contributed by atoms with Crippen molar-refractivity contribution in [3.8, 4) is 5.75 Å². The van der Waals surface area contributed by atoms with Gasteiger partial charge in [0.2, 0.25) is 5.91 Å². The quantitative estimate of drug-likeness (QED) is 0.478. The van der Waals surface area contributed by atoms with Crippen LogP contribution < -0.4 is 10.1 Å². The van der Waals surface area contributed by atoms with E-state index < -0.39 is 6.10 Å². The number of nitrogens with zero attached hydrogens (tertiary/aromatic N) is 1.